The number of hydrogen-bond donors (Lipinski definition) is 2. The standard InChI is InChI=1S/C20H17N5O/c1-13-7-9-16(10-8-13)24-20(26)18-11-19(23-14(2)22-18)25-17-6-4-3-5-15(17)12-21/h3-11H,1-2H3,(H,24,26)(H,22,23,25). The molecule has 0 saturated carbocycles. The Balaban J connectivity index is 1.84. The maximum absolute atomic E-state index is 12.5. The summed E-state index contributed by atoms with van der Waals surface area (Å²) in [5.74, 6) is 0.587. The molecule has 3 rings (SSSR count). The van der Waals surface area contributed by atoms with Gasteiger partial charge in [0.1, 0.15) is 23.4 Å². The Morgan fingerprint density at radius 1 is 1.04 bits per heavy atom. The van der Waals surface area contributed by atoms with Crippen molar-refractivity contribution in [1.29, 1.82) is 5.26 Å². The van der Waals surface area contributed by atoms with Crippen molar-refractivity contribution in [3.8, 4) is 6.07 Å². The number of benzene rings is 2. The van der Waals surface area contributed by atoms with Gasteiger partial charge in [0.15, 0.2) is 0 Å². The van der Waals surface area contributed by atoms with Gasteiger partial charge in [0.2, 0.25) is 0 Å². The average Bonchev–Trinajstić information content (AvgIpc) is 2.63. The third kappa shape index (κ3) is 4.02. The van der Waals surface area contributed by atoms with Crippen molar-refractivity contribution in [2.45, 2.75) is 13.8 Å². The summed E-state index contributed by atoms with van der Waals surface area (Å²) in [6.45, 7) is 3.69. The maximum Gasteiger partial charge on any atom is 0.274 e. The number of hydrogen-bond acceptors (Lipinski definition) is 5. The molecule has 0 bridgehead atoms. The fourth-order valence-corrected chi connectivity index (χ4v) is 2.41. The number of aryl methyl sites for hydroxylation is 2. The Morgan fingerprint density at radius 2 is 1.77 bits per heavy atom. The second-order valence-electron chi connectivity index (χ2n) is 5.79. The van der Waals surface area contributed by atoms with Crippen molar-refractivity contribution in [1.82, 2.24) is 9.97 Å². The fraction of sp³-hybridized carbons (Fsp3) is 0.100. The summed E-state index contributed by atoms with van der Waals surface area (Å²) in [5, 5.41) is 15.1. The number of rotatable bonds is 4. The monoisotopic (exact) mass is 343 g/mol. The molecule has 1 heterocycles. The van der Waals surface area contributed by atoms with Crippen LogP contribution in [0.15, 0.2) is 54.6 Å². The highest BCUT2D eigenvalue weighted by molar-refractivity contribution is 6.03. The van der Waals surface area contributed by atoms with Gasteiger partial charge in [-0.2, -0.15) is 5.26 Å². The normalized spacial score (nSPS) is 10.0. The molecule has 0 atom stereocenters. The highest BCUT2D eigenvalue weighted by Gasteiger charge is 2.12. The molecule has 0 aliphatic carbocycles. The van der Waals surface area contributed by atoms with Gasteiger partial charge in [0.05, 0.1) is 11.3 Å². The first-order valence-corrected chi connectivity index (χ1v) is 8.05. The number of carbonyl (C=O) groups is 1. The number of aromatic nitrogens is 2. The van der Waals surface area contributed by atoms with E-state index in [4.69, 9.17) is 0 Å². The van der Waals surface area contributed by atoms with Crippen LogP contribution < -0.4 is 10.6 Å². The molecule has 0 aliphatic heterocycles. The molecule has 0 fully saturated rings. The Morgan fingerprint density at radius 3 is 2.50 bits per heavy atom. The van der Waals surface area contributed by atoms with Crippen LogP contribution in [0.1, 0.15) is 27.4 Å². The Hall–Kier alpha value is -3.72. The molecule has 3 aromatic rings. The van der Waals surface area contributed by atoms with E-state index in [1.807, 2.05) is 37.3 Å². The number of nitrogens with zero attached hydrogens (tertiary/aromatic N) is 3. The Kier molecular flexibility index (Phi) is 4.90. The Labute approximate surface area is 151 Å². The molecule has 2 N–H and O–H groups in total. The number of anilines is 3. The molecule has 26 heavy (non-hydrogen) atoms. The van der Waals surface area contributed by atoms with Crippen LogP contribution in [0.3, 0.4) is 0 Å². The molecule has 0 unspecified atom stereocenters. The van der Waals surface area contributed by atoms with E-state index in [0.717, 1.165) is 5.56 Å². The summed E-state index contributed by atoms with van der Waals surface area (Å²) in [4.78, 5) is 21.0. The molecular formula is C20H17N5O. The first-order chi connectivity index (χ1) is 12.5. The van der Waals surface area contributed by atoms with Gasteiger partial charge in [-0.15, -0.1) is 0 Å². The van der Waals surface area contributed by atoms with Crippen molar-refractivity contribution in [2.24, 2.45) is 0 Å². The molecule has 2 aromatic carbocycles. The number of para-hydroxylation sites is 1. The summed E-state index contributed by atoms with van der Waals surface area (Å²) in [5.41, 5.74) is 3.17. The molecule has 128 valence electrons. The number of amides is 1. The topological polar surface area (TPSA) is 90.7 Å². The van der Waals surface area contributed by atoms with E-state index in [0.29, 0.717) is 28.6 Å². The molecule has 0 radical (unpaired) electrons. The van der Waals surface area contributed by atoms with E-state index < -0.39 is 0 Å². The van der Waals surface area contributed by atoms with Crippen LogP contribution >= 0.6 is 0 Å². The summed E-state index contributed by atoms with van der Waals surface area (Å²) in [7, 11) is 0. The SMILES string of the molecule is Cc1ccc(NC(=O)c2cc(Nc3ccccc3C#N)nc(C)n2)cc1. The predicted octanol–water partition coefficient (Wildman–Crippen LogP) is 3.96. The Bertz CT molecular complexity index is 990. The predicted molar refractivity (Wildman–Crippen MR) is 100 cm³/mol. The number of carbonyl (C=O) groups excluding carboxylic acids is 1. The zero-order valence-corrected chi connectivity index (χ0v) is 14.4. The van der Waals surface area contributed by atoms with Gasteiger partial charge in [-0.1, -0.05) is 29.8 Å². The molecule has 1 aromatic heterocycles. The lowest BCUT2D eigenvalue weighted by Crippen LogP contribution is -2.15. The van der Waals surface area contributed by atoms with E-state index in [9.17, 15) is 10.1 Å². The number of nitriles is 1. The van der Waals surface area contributed by atoms with E-state index in [-0.39, 0.29) is 11.6 Å². The minimum Gasteiger partial charge on any atom is -0.339 e. The van der Waals surface area contributed by atoms with Crippen molar-refractivity contribution < 1.29 is 4.79 Å². The quantitative estimate of drug-likeness (QED) is 0.748. The zero-order chi connectivity index (χ0) is 18.5. The molecule has 0 aliphatic rings. The van der Waals surface area contributed by atoms with Crippen LogP contribution in [0, 0.1) is 25.2 Å². The van der Waals surface area contributed by atoms with Crippen LogP contribution in [0.25, 0.3) is 0 Å². The zero-order valence-electron chi connectivity index (χ0n) is 14.4. The lowest BCUT2D eigenvalue weighted by molar-refractivity contribution is 0.102. The van der Waals surface area contributed by atoms with Gasteiger partial charge < -0.3 is 10.6 Å². The van der Waals surface area contributed by atoms with Crippen LogP contribution in [-0.4, -0.2) is 15.9 Å². The van der Waals surface area contributed by atoms with E-state index in [1.165, 1.54) is 0 Å². The van der Waals surface area contributed by atoms with E-state index >= 15 is 0 Å². The third-order valence-corrected chi connectivity index (χ3v) is 3.69. The minimum absolute atomic E-state index is 0.245. The largest absolute Gasteiger partial charge is 0.339 e. The first kappa shape index (κ1) is 17.1. The van der Waals surface area contributed by atoms with Crippen LogP contribution in [0.4, 0.5) is 17.2 Å². The second kappa shape index (κ2) is 7.45. The van der Waals surface area contributed by atoms with E-state index in [2.05, 4.69) is 26.7 Å². The third-order valence-electron chi connectivity index (χ3n) is 3.69. The minimum atomic E-state index is -0.323. The molecule has 0 saturated heterocycles. The van der Waals surface area contributed by atoms with Crippen molar-refractivity contribution in [3.63, 3.8) is 0 Å². The van der Waals surface area contributed by atoms with Crippen LogP contribution in [0.5, 0.6) is 0 Å². The lowest BCUT2D eigenvalue weighted by Gasteiger charge is -2.10. The first-order valence-electron chi connectivity index (χ1n) is 8.05. The number of nitrogens with one attached hydrogen (secondary N) is 2. The van der Waals surface area contributed by atoms with Crippen molar-refractivity contribution >= 4 is 23.1 Å². The van der Waals surface area contributed by atoms with Gasteiger partial charge in [-0.05, 0) is 38.1 Å². The maximum atomic E-state index is 12.5. The van der Waals surface area contributed by atoms with E-state index in [1.54, 1.807) is 31.2 Å². The average molecular weight is 343 g/mol. The summed E-state index contributed by atoms with van der Waals surface area (Å²) >= 11 is 0. The summed E-state index contributed by atoms with van der Waals surface area (Å²) in [6, 6.07) is 18.3. The molecule has 6 nitrogen and oxygen atoms in total. The van der Waals surface area contributed by atoms with Crippen LogP contribution in [0.2, 0.25) is 0 Å². The van der Waals surface area contributed by atoms with Gasteiger partial charge in [-0.25, -0.2) is 9.97 Å². The second-order valence-corrected chi connectivity index (χ2v) is 5.79. The molecule has 6 heteroatoms. The van der Waals surface area contributed by atoms with Gasteiger partial charge in [0.25, 0.3) is 5.91 Å². The van der Waals surface area contributed by atoms with Crippen molar-refractivity contribution in [3.05, 3.63) is 77.2 Å². The van der Waals surface area contributed by atoms with Gasteiger partial charge >= 0.3 is 0 Å². The summed E-state index contributed by atoms with van der Waals surface area (Å²) in [6.07, 6.45) is 0. The highest BCUT2D eigenvalue weighted by Crippen LogP contribution is 2.20. The molecule has 0 spiro atoms. The lowest BCUT2D eigenvalue weighted by atomic mass is 10.2. The smallest absolute Gasteiger partial charge is 0.274 e. The highest BCUT2D eigenvalue weighted by atomic mass is 16.1. The van der Waals surface area contributed by atoms with Gasteiger partial charge in [0, 0.05) is 11.8 Å². The van der Waals surface area contributed by atoms with Crippen LogP contribution in [-0.2, 0) is 0 Å². The molecular weight excluding hydrogens is 326 g/mol. The molecule has 1 amide bonds. The summed E-state index contributed by atoms with van der Waals surface area (Å²) < 4.78 is 0. The fourth-order valence-electron chi connectivity index (χ4n) is 2.41. The van der Waals surface area contributed by atoms with Crippen molar-refractivity contribution in [2.75, 3.05) is 10.6 Å². The van der Waals surface area contributed by atoms with Gasteiger partial charge in [-0.3, -0.25) is 4.79 Å².